The van der Waals surface area contributed by atoms with Crippen LogP contribution in [0.3, 0.4) is 0 Å². The number of aromatic hydroxyl groups is 1. The van der Waals surface area contributed by atoms with E-state index in [4.69, 9.17) is 4.98 Å². The summed E-state index contributed by atoms with van der Waals surface area (Å²) in [7, 11) is 0. The predicted molar refractivity (Wildman–Crippen MR) is 107 cm³/mol. The Balaban J connectivity index is 1.75. The highest BCUT2D eigenvalue weighted by Crippen LogP contribution is 2.31. The van der Waals surface area contributed by atoms with E-state index < -0.39 is 0 Å². The van der Waals surface area contributed by atoms with Crippen molar-refractivity contribution in [1.82, 2.24) is 4.98 Å². The smallest absolute Gasteiger partial charge is 0.134 e. The molecule has 0 fully saturated rings. The summed E-state index contributed by atoms with van der Waals surface area (Å²) in [6, 6.07) is 23.3. The van der Waals surface area contributed by atoms with Crippen LogP contribution in [-0.4, -0.2) is 10.1 Å². The minimum absolute atomic E-state index is 0.202. The van der Waals surface area contributed by atoms with Crippen LogP contribution in [0.1, 0.15) is 10.6 Å². The fraction of sp³-hybridized carbons (Fsp3) is 0. The van der Waals surface area contributed by atoms with Gasteiger partial charge in [0.15, 0.2) is 0 Å². The van der Waals surface area contributed by atoms with Crippen LogP contribution in [0.4, 0.5) is 0 Å². The van der Waals surface area contributed by atoms with E-state index in [1.165, 1.54) is 16.7 Å². The van der Waals surface area contributed by atoms with Gasteiger partial charge in [0.05, 0.1) is 11.3 Å². The number of benzene rings is 3. The van der Waals surface area contributed by atoms with Gasteiger partial charge in [-0.1, -0.05) is 54.6 Å². The van der Waals surface area contributed by atoms with Gasteiger partial charge in [0.1, 0.15) is 16.8 Å². The molecule has 1 N–H and O–H groups in total. The van der Waals surface area contributed by atoms with Crippen molar-refractivity contribution in [3.05, 3.63) is 82.7 Å². The maximum absolute atomic E-state index is 9.55. The molecule has 124 valence electrons. The lowest BCUT2D eigenvalue weighted by Gasteiger charge is -2.03. The Morgan fingerprint density at radius 1 is 1.00 bits per heavy atom. The minimum atomic E-state index is 0.202. The molecule has 0 amide bonds. The fourth-order valence-corrected chi connectivity index (χ4v) is 3.63. The number of hydrogen-bond donors (Lipinski definition) is 1. The van der Waals surface area contributed by atoms with E-state index in [9.17, 15) is 10.4 Å². The highest BCUT2D eigenvalue weighted by molar-refractivity contribution is 7.11. The molecule has 3 nitrogen and oxygen atoms in total. The molecular weight excluding hydrogens is 340 g/mol. The number of rotatable bonds is 3. The normalized spacial score (nSPS) is 11.4. The van der Waals surface area contributed by atoms with Crippen LogP contribution in [0.5, 0.6) is 5.75 Å². The average molecular weight is 354 g/mol. The summed E-state index contributed by atoms with van der Waals surface area (Å²) in [6.07, 6.45) is 1.78. The van der Waals surface area contributed by atoms with Crippen LogP contribution < -0.4 is 0 Å². The first-order valence-electron chi connectivity index (χ1n) is 8.09. The molecule has 1 heterocycles. The van der Waals surface area contributed by atoms with Crippen molar-refractivity contribution < 1.29 is 5.11 Å². The summed E-state index contributed by atoms with van der Waals surface area (Å²) >= 11 is 1.46. The van der Waals surface area contributed by atoms with Gasteiger partial charge < -0.3 is 5.11 Å². The molecule has 0 saturated heterocycles. The van der Waals surface area contributed by atoms with Crippen molar-refractivity contribution >= 4 is 33.8 Å². The van der Waals surface area contributed by atoms with Crippen LogP contribution in [0.15, 0.2) is 72.1 Å². The first-order valence-corrected chi connectivity index (χ1v) is 8.97. The number of phenols is 1. The Morgan fingerprint density at radius 3 is 2.58 bits per heavy atom. The lowest BCUT2D eigenvalue weighted by atomic mass is 10.0. The lowest BCUT2D eigenvalue weighted by Crippen LogP contribution is -1.84. The summed E-state index contributed by atoms with van der Waals surface area (Å²) in [5.74, 6) is 0.202. The summed E-state index contributed by atoms with van der Waals surface area (Å²) in [6.45, 7) is 0. The Morgan fingerprint density at radius 2 is 1.77 bits per heavy atom. The molecule has 0 aliphatic carbocycles. The molecule has 0 bridgehead atoms. The van der Waals surface area contributed by atoms with Crippen molar-refractivity contribution in [2.75, 3.05) is 0 Å². The van der Waals surface area contributed by atoms with Gasteiger partial charge in [-0.2, -0.15) is 5.26 Å². The first-order chi connectivity index (χ1) is 12.7. The third-order valence-electron chi connectivity index (χ3n) is 4.12. The van der Waals surface area contributed by atoms with Gasteiger partial charge in [-0.05, 0) is 34.5 Å². The van der Waals surface area contributed by atoms with Gasteiger partial charge in [0.2, 0.25) is 0 Å². The van der Waals surface area contributed by atoms with Crippen LogP contribution in [0.2, 0.25) is 0 Å². The number of thiazole rings is 1. The molecule has 26 heavy (non-hydrogen) atoms. The Kier molecular flexibility index (Phi) is 4.22. The predicted octanol–water partition coefficient (Wildman–Crippen LogP) is 5.73. The Hall–Kier alpha value is -3.42. The van der Waals surface area contributed by atoms with E-state index in [-0.39, 0.29) is 5.75 Å². The number of allylic oxidation sites excluding steroid dienone is 1. The maximum Gasteiger partial charge on any atom is 0.134 e. The van der Waals surface area contributed by atoms with Crippen LogP contribution in [0.25, 0.3) is 33.7 Å². The van der Waals surface area contributed by atoms with Crippen molar-refractivity contribution in [2.24, 2.45) is 0 Å². The average Bonchev–Trinajstić information content (AvgIpc) is 3.17. The quantitative estimate of drug-likeness (QED) is 0.478. The lowest BCUT2D eigenvalue weighted by molar-refractivity contribution is 0.475. The van der Waals surface area contributed by atoms with Crippen molar-refractivity contribution in [2.45, 2.75) is 0 Å². The highest BCUT2D eigenvalue weighted by atomic mass is 32.1. The molecule has 0 saturated carbocycles. The van der Waals surface area contributed by atoms with Gasteiger partial charge in [0, 0.05) is 10.9 Å². The standard InChI is InChI=1S/C22H14N2OS/c23-13-17(12-15-8-10-18(25)11-9-15)22-24-21(14-26-22)20-7-3-5-16-4-1-2-6-19(16)20/h1-12,14,25H/b17-12+. The zero-order valence-corrected chi connectivity index (χ0v) is 14.6. The van der Waals surface area contributed by atoms with E-state index in [0.29, 0.717) is 10.6 Å². The summed E-state index contributed by atoms with van der Waals surface area (Å²) in [4.78, 5) is 4.69. The fourth-order valence-electron chi connectivity index (χ4n) is 2.85. The second-order valence-corrected chi connectivity index (χ2v) is 6.68. The molecule has 1 aromatic heterocycles. The number of nitriles is 1. The monoisotopic (exact) mass is 354 g/mol. The third kappa shape index (κ3) is 3.08. The number of hydrogen-bond acceptors (Lipinski definition) is 4. The van der Waals surface area contributed by atoms with E-state index in [0.717, 1.165) is 22.2 Å². The molecule has 0 spiro atoms. The number of fused-ring (bicyclic) bond motifs is 1. The topological polar surface area (TPSA) is 56.9 Å². The SMILES string of the molecule is N#C/C(=C\c1ccc(O)cc1)c1nc(-c2cccc3ccccc23)cs1. The zero-order valence-electron chi connectivity index (χ0n) is 13.8. The molecule has 4 heteroatoms. The number of aromatic nitrogens is 1. The van der Waals surface area contributed by atoms with Gasteiger partial charge >= 0.3 is 0 Å². The van der Waals surface area contributed by atoms with Gasteiger partial charge in [-0.3, -0.25) is 0 Å². The van der Waals surface area contributed by atoms with E-state index in [1.54, 1.807) is 30.3 Å². The van der Waals surface area contributed by atoms with Crippen LogP contribution >= 0.6 is 11.3 Å². The molecule has 0 unspecified atom stereocenters. The van der Waals surface area contributed by atoms with E-state index >= 15 is 0 Å². The third-order valence-corrected chi connectivity index (χ3v) is 5.00. The Labute approximate surface area is 155 Å². The molecule has 0 aliphatic rings. The molecule has 0 aliphatic heterocycles. The number of phenolic OH excluding ortho intramolecular Hbond substituents is 1. The van der Waals surface area contributed by atoms with Crippen molar-refractivity contribution in [1.29, 1.82) is 5.26 Å². The second-order valence-electron chi connectivity index (χ2n) is 5.83. The largest absolute Gasteiger partial charge is 0.508 e. The molecular formula is C22H14N2OS. The number of nitrogens with zero attached hydrogens (tertiary/aromatic N) is 2. The van der Waals surface area contributed by atoms with Crippen LogP contribution in [0, 0.1) is 11.3 Å². The van der Waals surface area contributed by atoms with E-state index in [1.807, 2.05) is 23.6 Å². The van der Waals surface area contributed by atoms with E-state index in [2.05, 4.69) is 30.3 Å². The van der Waals surface area contributed by atoms with Crippen molar-refractivity contribution in [3.63, 3.8) is 0 Å². The molecule has 3 aromatic carbocycles. The van der Waals surface area contributed by atoms with Gasteiger partial charge in [0.25, 0.3) is 0 Å². The summed E-state index contributed by atoms with van der Waals surface area (Å²) in [5.41, 5.74) is 3.29. The molecule has 4 aromatic rings. The first kappa shape index (κ1) is 16.1. The maximum atomic E-state index is 9.55. The van der Waals surface area contributed by atoms with Gasteiger partial charge in [-0.25, -0.2) is 4.98 Å². The summed E-state index contributed by atoms with van der Waals surface area (Å²) in [5, 5.41) is 23.9. The zero-order chi connectivity index (χ0) is 17.9. The van der Waals surface area contributed by atoms with Gasteiger partial charge in [-0.15, -0.1) is 11.3 Å². The second kappa shape index (κ2) is 6.83. The van der Waals surface area contributed by atoms with Crippen molar-refractivity contribution in [3.8, 4) is 23.1 Å². The van der Waals surface area contributed by atoms with Crippen LogP contribution in [-0.2, 0) is 0 Å². The highest BCUT2D eigenvalue weighted by Gasteiger charge is 2.11. The Bertz CT molecular complexity index is 1150. The minimum Gasteiger partial charge on any atom is -0.508 e. The molecule has 0 atom stereocenters. The molecule has 0 radical (unpaired) electrons. The molecule has 4 rings (SSSR count). The summed E-state index contributed by atoms with van der Waals surface area (Å²) < 4.78 is 0.